The van der Waals surface area contributed by atoms with E-state index in [1.165, 1.54) is 13.1 Å². The van der Waals surface area contributed by atoms with Gasteiger partial charge in [-0.2, -0.15) is 0 Å². The highest BCUT2D eigenvalue weighted by atomic mass is 35.5. The highest BCUT2D eigenvalue weighted by Gasteiger charge is 2.19. The molecule has 2 aromatic rings. The predicted octanol–water partition coefficient (Wildman–Crippen LogP) is 3.71. The highest BCUT2D eigenvalue weighted by Crippen LogP contribution is 2.14. The summed E-state index contributed by atoms with van der Waals surface area (Å²) in [4.78, 5) is 28.1. The van der Waals surface area contributed by atoms with E-state index in [0.717, 1.165) is 6.42 Å². The summed E-state index contributed by atoms with van der Waals surface area (Å²) in [6.07, 6.45) is 1.34. The quantitative estimate of drug-likeness (QED) is 0.760. The monoisotopic (exact) mass is 362 g/mol. The van der Waals surface area contributed by atoms with E-state index in [9.17, 15) is 9.59 Å². The van der Waals surface area contributed by atoms with Crippen LogP contribution in [0.2, 0.25) is 5.02 Å². The molecule has 0 aliphatic carbocycles. The molecule has 2 rings (SSSR count). The Morgan fingerprint density at radius 1 is 1.20 bits per heavy atom. The van der Waals surface area contributed by atoms with Gasteiger partial charge >= 0.3 is 5.97 Å². The van der Waals surface area contributed by atoms with Crippen molar-refractivity contribution in [3.8, 4) is 5.75 Å². The largest absolute Gasteiger partial charge is 0.494 e. The van der Waals surface area contributed by atoms with Crippen molar-refractivity contribution >= 4 is 29.3 Å². The van der Waals surface area contributed by atoms with Crippen LogP contribution in [0.25, 0.3) is 0 Å². The number of hydrogen-bond acceptors (Lipinski definition) is 5. The van der Waals surface area contributed by atoms with Crippen LogP contribution in [0, 0.1) is 0 Å². The van der Waals surface area contributed by atoms with Gasteiger partial charge in [0, 0.05) is 6.20 Å². The third-order valence-electron chi connectivity index (χ3n) is 3.19. The van der Waals surface area contributed by atoms with Crippen LogP contribution in [-0.4, -0.2) is 29.6 Å². The van der Waals surface area contributed by atoms with Gasteiger partial charge in [-0.3, -0.25) is 4.79 Å². The summed E-state index contributed by atoms with van der Waals surface area (Å²) in [5.74, 6) is -0.0624. The van der Waals surface area contributed by atoms with Gasteiger partial charge < -0.3 is 14.8 Å². The average Bonchev–Trinajstić information content (AvgIpc) is 2.62. The van der Waals surface area contributed by atoms with Gasteiger partial charge in [-0.05, 0) is 49.7 Å². The third-order valence-corrected chi connectivity index (χ3v) is 3.42. The molecule has 0 aliphatic rings. The molecule has 7 heteroatoms. The molecule has 0 bridgehead atoms. The topological polar surface area (TPSA) is 77.5 Å². The smallest absolute Gasteiger partial charge is 0.338 e. The van der Waals surface area contributed by atoms with Crippen LogP contribution in [0.4, 0.5) is 5.82 Å². The van der Waals surface area contributed by atoms with Crippen molar-refractivity contribution in [2.45, 2.75) is 26.4 Å². The summed E-state index contributed by atoms with van der Waals surface area (Å²) in [6.45, 7) is 4.11. The molecule has 0 unspecified atom stereocenters. The van der Waals surface area contributed by atoms with Gasteiger partial charge in [0.05, 0.1) is 17.2 Å². The van der Waals surface area contributed by atoms with Gasteiger partial charge in [0.25, 0.3) is 5.91 Å². The number of halogens is 1. The van der Waals surface area contributed by atoms with E-state index in [1.54, 1.807) is 36.4 Å². The number of ether oxygens (including phenoxy) is 2. The standard InChI is InChI=1S/C18H19ClN2O4/c1-3-10-24-15-7-4-13(5-8-15)18(23)25-12(2)17(22)21-16-9-6-14(19)11-20-16/h4-9,11-12H,3,10H2,1-2H3,(H,20,21,22)/t12-/m1/s1. The third kappa shape index (κ3) is 5.76. The maximum Gasteiger partial charge on any atom is 0.338 e. The van der Waals surface area contributed by atoms with E-state index in [0.29, 0.717) is 28.8 Å². The van der Waals surface area contributed by atoms with Gasteiger partial charge in [-0.1, -0.05) is 18.5 Å². The predicted molar refractivity (Wildman–Crippen MR) is 95.0 cm³/mol. The molecular weight excluding hydrogens is 344 g/mol. The molecule has 0 saturated heterocycles. The lowest BCUT2D eigenvalue weighted by Crippen LogP contribution is -2.30. The molecular formula is C18H19ClN2O4. The van der Waals surface area contributed by atoms with E-state index in [-0.39, 0.29) is 0 Å². The van der Waals surface area contributed by atoms with Crippen LogP contribution < -0.4 is 10.1 Å². The van der Waals surface area contributed by atoms with Crippen molar-refractivity contribution in [2.75, 3.05) is 11.9 Å². The zero-order valence-corrected chi connectivity index (χ0v) is 14.7. The normalized spacial score (nSPS) is 11.5. The maximum atomic E-state index is 12.1. The van der Waals surface area contributed by atoms with Crippen LogP contribution in [0.15, 0.2) is 42.6 Å². The Kier molecular flexibility index (Phi) is 6.77. The van der Waals surface area contributed by atoms with Crippen molar-refractivity contribution in [2.24, 2.45) is 0 Å². The molecule has 0 spiro atoms. The van der Waals surface area contributed by atoms with E-state index < -0.39 is 18.0 Å². The van der Waals surface area contributed by atoms with Crippen LogP contribution in [0.5, 0.6) is 5.75 Å². The van der Waals surface area contributed by atoms with E-state index in [2.05, 4.69) is 10.3 Å². The number of esters is 1. The lowest BCUT2D eigenvalue weighted by molar-refractivity contribution is -0.123. The number of anilines is 1. The van der Waals surface area contributed by atoms with Crippen LogP contribution >= 0.6 is 11.6 Å². The Bertz CT molecular complexity index is 717. The molecule has 0 fully saturated rings. The van der Waals surface area contributed by atoms with E-state index in [1.807, 2.05) is 6.92 Å². The number of amides is 1. The lowest BCUT2D eigenvalue weighted by atomic mass is 10.2. The first-order valence-corrected chi connectivity index (χ1v) is 8.23. The van der Waals surface area contributed by atoms with Crippen LogP contribution in [0.3, 0.4) is 0 Å². The fourth-order valence-corrected chi connectivity index (χ4v) is 1.98. The molecule has 0 radical (unpaired) electrons. The lowest BCUT2D eigenvalue weighted by Gasteiger charge is -2.13. The highest BCUT2D eigenvalue weighted by molar-refractivity contribution is 6.30. The number of hydrogen-bond donors (Lipinski definition) is 1. The molecule has 1 aromatic carbocycles. The molecule has 1 atom stereocenters. The van der Waals surface area contributed by atoms with Gasteiger partial charge in [-0.15, -0.1) is 0 Å². The van der Waals surface area contributed by atoms with Crippen molar-refractivity contribution in [1.29, 1.82) is 0 Å². The number of benzene rings is 1. The SMILES string of the molecule is CCCOc1ccc(C(=O)O[C@H](C)C(=O)Nc2ccc(Cl)cn2)cc1. The minimum Gasteiger partial charge on any atom is -0.494 e. The summed E-state index contributed by atoms with van der Waals surface area (Å²) in [7, 11) is 0. The van der Waals surface area contributed by atoms with Gasteiger partial charge in [0.2, 0.25) is 0 Å². The zero-order chi connectivity index (χ0) is 18.2. The first-order chi connectivity index (χ1) is 12.0. The molecule has 1 heterocycles. The van der Waals surface area contributed by atoms with E-state index in [4.69, 9.17) is 21.1 Å². The Balaban J connectivity index is 1.90. The Morgan fingerprint density at radius 3 is 2.52 bits per heavy atom. The Labute approximate surface area is 151 Å². The number of carbonyl (C=O) groups excluding carboxylic acids is 2. The molecule has 1 amide bonds. The van der Waals surface area contributed by atoms with Gasteiger partial charge in [0.15, 0.2) is 6.10 Å². The summed E-state index contributed by atoms with van der Waals surface area (Å²) in [5, 5.41) is 3.01. The van der Waals surface area contributed by atoms with E-state index >= 15 is 0 Å². The van der Waals surface area contributed by atoms with Crippen molar-refractivity contribution < 1.29 is 19.1 Å². The maximum absolute atomic E-state index is 12.1. The fraction of sp³-hybridized carbons (Fsp3) is 0.278. The minimum absolute atomic E-state index is 0.328. The average molecular weight is 363 g/mol. The number of nitrogens with zero attached hydrogens (tertiary/aromatic N) is 1. The molecule has 0 saturated carbocycles. The molecule has 1 N–H and O–H groups in total. The second-order valence-corrected chi connectivity index (χ2v) is 5.71. The number of carbonyl (C=O) groups is 2. The Morgan fingerprint density at radius 2 is 1.92 bits per heavy atom. The van der Waals surface area contributed by atoms with Gasteiger partial charge in [0.1, 0.15) is 11.6 Å². The first kappa shape index (κ1) is 18.7. The molecule has 1 aromatic heterocycles. The second kappa shape index (κ2) is 9.03. The van der Waals surface area contributed by atoms with Crippen molar-refractivity contribution in [3.63, 3.8) is 0 Å². The second-order valence-electron chi connectivity index (χ2n) is 5.27. The number of nitrogens with one attached hydrogen (secondary N) is 1. The summed E-state index contributed by atoms with van der Waals surface area (Å²) < 4.78 is 10.6. The van der Waals surface area contributed by atoms with Crippen molar-refractivity contribution in [1.82, 2.24) is 4.98 Å². The summed E-state index contributed by atoms with van der Waals surface area (Å²) in [5.41, 5.74) is 0.341. The first-order valence-electron chi connectivity index (χ1n) is 7.86. The zero-order valence-electron chi connectivity index (χ0n) is 14.0. The van der Waals surface area contributed by atoms with Gasteiger partial charge in [-0.25, -0.2) is 9.78 Å². The number of aromatic nitrogens is 1. The summed E-state index contributed by atoms with van der Waals surface area (Å²) >= 11 is 5.73. The number of rotatable bonds is 7. The Hall–Kier alpha value is -2.60. The van der Waals surface area contributed by atoms with Crippen LogP contribution in [-0.2, 0) is 9.53 Å². The molecule has 6 nitrogen and oxygen atoms in total. The fourth-order valence-electron chi connectivity index (χ4n) is 1.87. The molecule has 25 heavy (non-hydrogen) atoms. The molecule has 132 valence electrons. The molecule has 0 aliphatic heterocycles. The van der Waals surface area contributed by atoms with Crippen molar-refractivity contribution in [3.05, 3.63) is 53.2 Å². The van der Waals surface area contributed by atoms with Crippen LogP contribution in [0.1, 0.15) is 30.6 Å². The summed E-state index contributed by atoms with van der Waals surface area (Å²) in [6, 6.07) is 9.73. The number of pyridine rings is 1. The minimum atomic E-state index is -0.971.